The van der Waals surface area contributed by atoms with Crippen molar-refractivity contribution in [2.45, 2.75) is 43.4 Å². The number of piperazine rings is 1. The molecule has 1 aromatic heterocycles. The van der Waals surface area contributed by atoms with Crippen molar-refractivity contribution in [3.05, 3.63) is 53.6 Å². The Morgan fingerprint density at radius 3 is 2.50 bits per heavy atom. The number of fused-ring (bicyclic) bond motifs is 4. The number of hydrogen-bond donors (Lipinski definition) is 2. The number of aromatic nitrogens is 2. The second-order valence-corrected chi connectivity index (χ2v) is 14.3. The fourth-order valence-electron chi connectivity index (χ4n) is 8.04. The van der Waals surface area contributed by atoms with E-state index in [1.54, 1.807) is 0 Å². The van der Waals surface area contributed by atoms with Crippen LogP contribution in [0.5, 0.6) is 11.8 Å². The quantitative estimate of drug-likeness (QED) is 0.267. The average Bonchev–Trinajstić information content (AvgIpc) is 3.74. The molecular weight excluding hydrogens is 630 g/mol. The average molecular weight is 666 g/mol. The molecule has 3 aromatic carbocycles. The molecule has 252 valence electrons. The van der Waals surface area contributed by atoms with Gasteiger partial charge in [-0.25, -0.2) is 17.6 Å². The predicted octanol–water partition coefficient (Wildman–Crippen LogP) is 4.91. The molecule has 9 rings (SSSR count). The van der Waals surface area contributed by atoms with E-state index in [2.05, 4.69) is 15.2 Å². The molecule has 1 aliphatic carbocycles. The van der Waals surface area contributed by atoms with Gasteiger partial charge >= 0.3 is 6.01 Å². The van der Waals surface area contributed by atoms with Gasteiger partial charge in [-0.1, -0.05) is 6.07 Å². The second kappa shape index (κ2) is 11.1. The highest BCUT2D eigenvalue weighted by Gasteiger charge is 2.49. The molecule has 1 spiro atoms. The highest BCUT2D eigenvalue weighted by Crippen LogP contribution is 2.48. The summed E-state index contributed by atoms with van der Waals surface area (Å²) >= 11 is 0. The van der Waals surface area contributed by atoms with Crippen LogP contribution in [0.3, 0.4) is 0 Å². The normalized spacial score (nSPS) is 24.4. The maximum atomic E-state index is 16.8. The number of hydrogen-bond acceptors (Lipinski definition) is 9. The summed E-state index contributed by atoms with van der Waals surface area (Å²) in [6.45, 7) is 5.80. The van der Waals surface area contributed by atoms with Crippen LogP contribution in [0.25, 0.3) is 32.8 Å². The number of benzene rings is 3. The van der Waals surface area contributed by atoms with E-state index in [-0.39, 0.29) is 62.1 Å². The first-order valence-electron chi connectivity index (χ1n) is 16.6. The largest absolute Gasteiger partial charge is 0.508 e. The first-order valence-corrected chi connectivity index (χ1v) is 16.6. The number of nitrogens with one attached hydrogen (secondary N) is 1. The highest BCUT2D eigenvalue weighted by molar-refractivity contribution is 6.02. The number of anilines is 1. The van der Waals surface area contributed by atoms with Crippen molar-refractivity contribution in [3.8, 4) is 22.9 Å². The van der Waals surface area contributed by atoms with E-state index in [0.717, 1.165) is 63.5 Å². The summed E-state index contributed by atoms with van der Waals surface area (Å²) in [6, 6.07) is 5.96. The Labute approximate surface area is 273 Å². The highest BCUT2D eigenvalue weighted by atomic mass is 19.2. The molecule has 5 fully saturated rings. The van der Waals surface area contributed by atoms with Crippen molar-refractivity contribution < 1.29 is 36.9 Å². The first kappa shape index (κ1) is 30.3. The summed E-state index contributed by atoms with van der Waals surface area (Å²) in [4.78, 5) is 13.6. The lowest BCUT2D eigenvalue weighted by Gasteiger charge is -2.48. The van der Waals surface area contributed by atoms with Gasteiger partial charge in [0.15, 0.2) is 17.5 Å². The monoisotopic (exact) mass is 665 g/mol. The molecule has 5 aliphatic rings. The molecule has 2 atom stereocenters. The minimum Gasteiger partial charge on any atom is -0.508 e. The SMILES string of the molecule is Oc1cc(-c2c(F)cc3c(N4CC5CCC(C4)N5)nc(OCC4(CN5CCOC6(COC6)C5)CC4)nc3c2F)c2c(F)c(F)ccc2c1. The van der Waals surface area contributed by atoms with E-state index in [9.17, 15) is 9.50 Å². The molecule has 9 nitrogen and oxygen atoms in total. The Bertz CT molecular complexity index is 1940. The molecule has 2 unspecified atom stereocenters. The number of nitrogens with zero attached hydrogens (tertiary/aromatic N) is 4. The van der Waals surface area contributed by atoms with E-state index in [0.29, 0.717) is 45.3 Å². The lowest BCUT2D eigenvalue weighted by Crippen LogP contribution is -2.63. The minimum absolute atomic E-state index is 0.0325. The number of rotatable bonds is 7. The van der Waals surface area contributed by atoms with E-state index in [1.807, 2.05) is 4.90 Å². The second-order valence-electron chi connectivity index (χ2n) is 14.3. The van der Waals surface area contributed by atoms with Crippen molar-refractivity contribution in [2.24, 2.45) is 5.41 Å². The third-order valence-corrected chi connectivity index (χ3v) is 10.7. The van der Waals surface area contributed by atoms with Crippen LogP contribution < -0.4 is 15.0 Å². The summed E-state index contributed by atoms with van der Waals surface area (Å²) in [5.74, 6) is -4.51. The van der Waals surface area contributed by atoms with Crippen LogP contribution in [0, 0.1) is 28.7 Å². The van der Waals surface area contributed by atoms with E-state index in [1.165, 1.54) is 12.1 Å². The lowest BCUT2D eigenvalue weighted by atomic mass is 9.95. The Hall–Kier alpha value is -3.78. The lowest BCUT2D eigenvalue weighted by molar-refractivity contribution is -0.238. The zero-order valence-electron chi connectivity index (χ0n) is 26.2. The zero-order valence-corrected chi connectivity index (χ0v) is 26.2. The van der Waals surface area contributed by atoms with Gasteiger partial charge < -0.3 is 29.5 Å². The number of morpholine rings is 1. The summed E-state index contributed by atoms with van der Waals surface area (Å²) in [5.41, 5.74) is -1.48. The number of halogens is 4. The van der Waals surface area contributed by atoms with E-state index < -0.39 is 28.8 Å². The van der Waals surface area contributed by atoms with Gasteiger partial charge in [0, 0.05) is 66.6 Å². The molecule has 0 radical (unpaired) electrons. The van der Waals surface area contributed by atoms with Crippen LogP contribution in [0.15, 0.2) is 30.3 Å². The Balaban J connectivity index is 1.11. The van der Waals surface area contributed by atoms with E-state index in [4.69, 9.17) is 19.2 Å². The van der Waals surface area contributed by atoms with Crippen molar-refractivity contribution in [2.75, 3.05) is 64.1 Å². The van der Waals surface area contributed by atoms with E-state index >= 15 is 13.2 Å². The Morgan fingerprint density at radius 1 is 0.979 bits per heavy atom. The van der Waals surface area contributed by atoms with Crippen molar-refractivity contribution in [1.29, 1.82) is 0 Å². The molecule has 4 aromatic rings. The fourth-order valence-corrected chi connectivity index (χ4v) is 8.04. The van der Waals surface area contributed by atoms with Crippen molar-refractivity contribution in [3.63, 3.8) is 0 Å². The summed E-state index contributed by atoms with van der Waals surface area (Å²) < 4.78 is 80.1. The molecule has 2 N–H and O–H groups in total. The maximum Gasteiger partial charge on any atom is 0.319 e. The van der Waals surface area contributed by atoms with Crippen LogP contribution in [-0.4, -0.2) is 96.8 Å². The molecule has 1 saturated carbocycles. The van der Waals surface area contributed by atoms with Gasteiger partial charge in [-0.2, -0.15) is 9.97 Å². The van der Waals surface area contributed by atoms with Crippen LogP contribution in [0.1, 0.15) is 25.7 Å². The maximum absolute atomic E-state index is 16.8. The predicted molar refractivity (Wildman–Crippen MR) is 169 cm³/mol. The molecule has 4 saturated heterocycles. The molecule has 13 heteroatoms. The fraction of sp³-hybridized carbons (Fsp3) is 0.486. The molecule has 0 amide bonds. The first-order chi connectivity index (χ1) is 23.2. The van der Waals surface area contributed by atoms with Crippen LogP contribution in [0.4, 0.5) is 23.4 Å². The number of phenols is 1. The van der Waals surface area contributed by atoms with Gasteiger partial charge in [-0.3, -0.25) is 4.90 Å². The van der Waals surface area contributed by atoms with Crippen molar-refractivity contribution in [1.82, 2.24) is 20.2 Å². The number of aromatic hydroxyl groups is 1. The topological polar surface area (TPSA) is 92.2 Å². The zero-order chi connectivity index (χ0) is 32.8. The summed E-state index contributed by atoms with van der Waals surface area (Å²) in [6.07, 6.45) is 3.91. The van der Waals surface area contributed by atoms with Gasteiger partial charge in [0.2, 0.25) is 0 Å². The molecule has 48 heavy (non-hydrogen) atoms. The van der Waals surface area contributed by atoms with Crippen molar-refractivity contribution >= 4 is 27.5 Å². The molecule has 4 aliphatic heterocycles. The molecule has 5 heterocycles. The van der Waals surface area contributed by atoms with Crippen LogP contribution in [0.2, 0.25) is 0 Å². The number of ether oxygens (including phenoxy) is 3. The van der Waals surface area contributed by atoms with Gasteiger partial charge in [0.25, 0.3) is 0 Å². The van der Waals surface area contributed by atoms with Gasteiger partial charge in [0.05, 0.1) is 32.0 Å². The molecule has 2 bridgehead atoms. The smallest absolute Gasteiger partial charge is 0.319 e. The van der Waals surface area contributed by atoms with Crippen LogP contribution >= 0.6 is 0 Å². The third-order valence-electron chi connectivity index (χ3n) is 10.7. The summed E-state index contributed by atoms with van der Waals surface area (Å²) in [5, 5.41) is 13.9. The van der Waals surface area contributed by atoms with Crippen LogP contribution in [-0.2, 0) is 9.47 Å². The standard InChI is InChI=1S/C35H35F4N5O4/c36-25-4-1-19-9-22(45)10-23(27(19)29(25)38)28-26(37)11-24-31(30(28)39)41-33(42-32(24)44-12-20-2-3-21(13-44)40-20)47-16-34(5-6-34)14-43-7-8-48-35(15-43)17-46-18-35/h1,4,9-11,20-21,40,45H,2-3,5-8,12-18H2. The summed E-state index contributed by atoms with van der Waals surface area (Å²) in [7, 11) is 0. The molecular formula is C35H35F4N5O4. The number of phenolic OH excluding ortho intramolecular Hbond substituents is 1. The van der Waals surface area contributed by atoms with Gasteiger partial charge in [-0.05, 0) is 55.3 Å². The van der Waals surface area contributed by atoms with Gasteiger partial charge in [0.1, 0.15) is 28.5 Å². The third kappa shape index (κ3) is 5.13. The van der Waals surface area contributed by atoms with Gasteiger partial charge in [-0.15, -0.1) is 0 Å². The Kier molecular flexibility index (Phi) is 7.02. The Morgan fingerprint density at radius 2 is 1.77 bits per heavy atom. The minimum atomic E-state index is -1.27.